The second kappa shape index (κ2) is 7.72. The number of nitrogens with one attached hydrogen (secondary N) is 2. The number of halogens is 1. The second-order valence-electron chi connectivity index (χ2n) is 5.46. The summed E-state index contributed by atoms with van der Waals surface area (Å²) in [6, 6.07) is 16.3. The molecule has 6 nitrogen and oxygen atoms in total. The predicted molar refractivity (Wildman–Crippen MR) is 100 cm³/mol. The van der Waals surface area contributed by atoms with Crippen molar-refractivity contribution in [1.82, 2.24) is 9.97 Å². The Morgan fingerprint density at radius 2 is 2.04 bits per heavy atom. The number of benzene rings is 2. The topological polar surface area (TPSA) is 90.8 Å². The Morgan fingerprint density at radius 1 is 1.27 bits per heavy atom. The molecule has 26 heavy (non-hydrogen) atoms. The van der Waals surface area contributed by atoms with Gasteiger partial charge in [0.15, 0.2) is 0 Å². The maximum atomic E-state index is 12.2. The zero-order valence-electron chi connectivity index (χ0n) is 13.9. The van der Waals surface area contributed by atoms with E-state index in [9.17, 15) is 10.1 Å². The molecule has 1 aromatic heterocycles. The maximum absolute atomic E-state index is 12.2. The summed E-state index contributed by atoms with van der Waals surface area (Å²) in [7, 11) is 1.57. The number of hydrogen-bond acceptors (Lipinski definition) is 5. The van der Waals surface area contributed by atoms with Crippen LogP contribution < -0.4 is 15.6 Å². The molecule has 130 valence electrons. The van der Waals surface area contributed by atoms with Gasteiger partial charge in [0.05, 0.1) is 12.8 Å². The Kier molecular flexibility index (Phi) is 5.20. The van der Waals surface area contributed by atoms with Crippen molar-refractivity contribution in [1.29, 1.82) is 5.26 Å². The standard InChI is InChI=1S/C19H15ClN4O2/c1-26-15-7-5-13(6-8-15)17-16(10-21)18(25)24-19(23-17)22-11-12-3-2-4-14(20)9-12/h2-9H,11H2,1H3,(H2,22,23,24,25). The lowest BCUT2D eigenvalue weighted by Crippen LogP contribution is -2.17. The molecule has 2 N–H and O–H groups in total. The van der Waals surface area contributed by atoms with E-state index in [0.717, 1.165) is 5.56 Å². The van der Waals surface area contributed by atoms with Gasteiger partial charge < -0.3 is 10.1 Å². The Balaban J connectivity index is 1.93. The Morgan fingerprint density at radius 3 is 2.69 bits per heavy atom. The SMILES string of the molecule is COc1ccc(-c2nc(NCc3cccc(Cl)c3)[nH]c(=O)c2C#N)cc1. The number of rotatable bonds is 5. The summed E-state index contributed by atoms with van der Waals surface area (Å²) in [5.74, 6) is 0.955. The van der Waals surface area contributed by atoms with Crippen LogP contribution in [-0.4, -0.2) is 17.1 Å². The van der Waals surface area contributed by atoms with Crippen molar-refractivity contribution in [3.05, 3.63) is 75.0 Å². The van der Waals surface area contributed by atoms with E-state index in [4.69, 9.17) is 16.3 Å². The van der Waals surface area contributed by atoms with Gasteiger partial charge in [-0.25, -0.2) is 4.98 Å². The van der Waals surface area contributed by atoms with Crippen LogP contribution in [0, 0.1) is 11.3 Å². The number of nitriles is 1. The molecule has 0 atom stereocenters. The third-order valence-electron chi connectivity index (χ3n) is 3.74. The lowest BCUT2D eigenvalue weighted by molar-refractivity contribution is 0.415. The first kappa shape index (κ1) is 17.5. The summed E-state index contributed by atoms with van der Waals surface area (Å²) in [6.45, 7) is 0.428. The third kappa shape index (κ3) is 3.85. The molecule has 0 unspecified atom stereocenters. The first-order valence-corrected chi connectivity index (χ1v) is 8.15. The van der Waals surface area contributed by atoms with Crippen molar-refractivity contribution in [3.63, 3.8) is 0 Å². The summed E-state index contributed by atoms with van der Waals surface area (Å²) < 4.78 is 5.13. The molecule has 3 rings (SSSR count). The van der Waals surface area contributed by atoms with Crippen molar-refractivity contribution in [2.75, 3.05) is 12.4 Å². The minimum atomic E-state index is -0.498. The van der Waals surface area contributed by atoms with Crippen LogP contribution in [0.4, 0.5) is 5.95 Å². The highest BCUT2D eigenvalue weighted by molar-refractivity contribution is 6.30. The normalized spacial score (nSPS) is 10.2. The van der Waals surface area contributed by atoms with Gasteiger partial charge in [0.25, 0.3) is 5.56 Å². The molecule has 0 bridgehead atoms. The van der Waals surface area contributed by atoms with Gasteiger partial charge in [0.2, 0.25) is 5.95 Å². The number of anilines is 1. The van der Waals surface area contributed by atoms with E-state index in [2.05, 4.69) is 15.3 Å². The van der Waals surface area contributed by atoms with E-state index in [-0.39, 0.29) is 11.5 Å². The van der Waals surface area contributed by atoms with E-state index in [1.807, 2.05) is 24.3 Å². The molecule has 0 fully saturated rings. The van der Waals surface area contributed by atoms with Crippen LogP contribution in [0.3, 0.4) is 0 Å². The van der Waals surface area contributed by atoms with Crippen LogP contribution in [0.2, 0.25) is 5.02 Å². The monoisotopic (exact) mass is 366 g/mol. The van der Waals surface area contributed by atoms with Crippen LogP contribution in [-0.2, 0) is 6.54 Å². The lowest BCUT2D eigenvalue weighted by Gasteiger charge is -2.09. The fraction of sp³-hybridized carbons (Fsp3) is 0.105. The molecular weight excluding hydrogens is 352 g/mol. The van der Waals surface area contributed by atoms with E-state index >= 15 is 0 Å². The lowest BCUT2D eigenvalue weighted by atomic mass is 10.1. The van der Waals surface area contributed by atoms with Crippen LogP contribution >= 0.6 is 11.6 Å². The molecule has 2 aromatic carbocycles. The average Bonchev–Trinajstić information content (AvgIpc) is 2.66. The summed E-state index contributed by atoms with van der Waals surface area (Å²) in [6.07, 6.45) is 0. The molecule has 0 amide bonds. The number of hydrogen-bond donors (Lipinski definition) is 2. The molecular formula is C19H15ClN4O2. The van der Waals surface area contributed by atoms with Gasteiger partial charge in [-0.2, -0.15) is 5.26 Å². The fourth-order valence-corrected chi connectivity index (χ4v) is 2.66. The average molecular weight is 367 g/mol. The number of methoxy groups -OCH3 is 1. The first-order chi connectivity index (χ1) is 12.6. The molecule has 0 aliphatic carbocycles. The predicted octanol–water partition coefficient (Wildman–Crippen LogP) is 3.58. The Bertz CT molecular complexity index is 1020. The number of aromatic amines is 1. The zero-order valence-corrected chi connectivity index (χ0v) is 14.7. The van der Waals surface area contributed by atoms with Gasteiger partial charge in [-0.15, -0.1) is 0 Å². The highest BCUT2D eigenvalue weighted by atomic mass is 35.5. The fourth-order valence-electron chi connectivity index (χ4n) is 2.45. The number of nitrogens with zero attached hydrogens (tertiary/aromatic N) is 2. The van der Waals surface area contributed by atoms with E-state index in [1.165, 1.54) is 0 Å². The summed E-state index contributed by atoms with van der Waals surface area (Å²) in [5, 5.41) is 13.0. The molecule has 3 aromatic rings. The minimum Gasteiger partial charge on any atom is -0.497 e. The van der Waals surface area contributed by atoms with Crippen molar-refractivity contribution in [3.8, 4) is 23.1 Å². The van der Waals surface area contributed by atoms with Gasteiger partial charge in [-0.1, -0.05) is 23.7 Å². The van der Waals surface area contributed by atoms with E-state index < -0.39 is 5.56 Å². The van der Waals surface area contributed by atoms with Crippen molar-refractivity contribution >= 4 is 17.5 Å². The first-order valence-electron chi connectivity index (χ1n) is 7.78. The number of ether oxygens (including phenoxy) is 1. The quantitative estimate of drug-likeness (QED) is 0.720. The maximum Gasteiger partial charge on any atom is 0.270 e. The van der Waals surface area contributed by atoms with Gasteiger partial charge in [0, 0.05) is 17.1 Å². The highest BCUT2D eigenvalue weighted by Gasteiger charge is 2.13. The summed E-state index contributed by atoms with van der Waals surface area (Å²) >= 11 is 5.97. The molecule has 7 heteroatoms. The summed E-state index contributed by atoms with van der Waals surface area (Å²) in [4.78, 5) is 19.2. The van der Waals surface area contributed by atoms with Gasteiger partial charge >= 0.3 is 0 Å². The number of H-pyrrole nitrogens is 1. The molecule has 0 aliphatic heterocycles. The molecule has 0 saturated carbocycles. The smallest absolute Gasteiger partial charge is 0.270 e. The zero-order chi connectivity index (χ0) is 18.5. The highest BCUT2D eigenvalue weighted by Crippen LogP contribution is 2.23. The van der Waals surface area contributed by atoms with Crippen molar-refractivity contribution in [2.45, 2.75) is 6.54 Å². The molecule has 0 spiro atoms. The van der Waals surface area contributed by atoms with Crippen LogP contribution in [0.1, 0.15) is 11.1 Å². The Labute approximate surface area is 155 Å². The minimum absolute atomic E-state index is 0.0385. The second-order valence-corrected chi connectivity index (χ2v) is 5.90. The molecule has 1 heterocycles. The molecule has 0 aliphatic rings. The van der Waals surface area contributed by atoms with Crippen LogP contribution in [0.25, 0.3) is 11.3 Å². The van der Waals surface area contributed by atoms with Crippen molar-refractivity contribution in [2.24, 2.45) is 0 Å². The van der Waals surface area contributed by atoms with Crippen LogP contribution in [0.15, 0.2) is 53.3 Å². The van der Waals surface area contributed by atoms with Crippen LogP contribution in [0.5, 0.6) is 5.75 Å². The van der Waals surface area contributed by atoms with E-state index in [1.54, 1.807) is 37.4 Å². The van der Waals surface area contributed by atoms with Gasteiger partial charge in [-0.3, -0.25) is 9.78 Å². The largest absolute Gasteiger partial charge is 0.497 e. The molecule has 0 radical (unpaired) electrons. The van der Waals surface area contributed by atoms with E-state index in [0.29, 0.717) is 28.6 Å². The summed E-state index contributed by atoms with van der Waals surface area (Å²) in [5.41, 5.74) is 1.37. The van der Waals surface area contributed by atoms with Gasteiger partial charge in [-0.05, 0) is 42.0 Å². The third-order valence-corrected chi connectivity index (χ3v) is 3.98. The molecule has 0 saturated heterocycles. The van der Waals surface area contributed by atoms with Gasteiger partial charge in [0.1, 0.15) is 17.4 Å². The Hall–Kier alpha value is -3.30. The number of aromatic nitrogens is 2. The van der Waals surface area contributed by atoms with Crippen molar-refractivity contribution < 1.29 is 4.74 Å².